The molecule has 0 spiro atoms. The second kappa shape index (κ2) is 9.42. The largest absolute Gasteiger partial charge is 0.497 e. The highest BCUT2D eigenvalue weighted by Gasteiger charge is 2.47. The van der Waals surface area contributed by atoms with Crippen molar-refractivity contribution in [1.82, 2.24) is 10.7 Å². The first-order chi connectivity index (χ1) is 15.5. The molecule has 1 saturated heterocycles. The number of halogens is 2. The van der Waals surface area contributed by atoms with E-state index in [1.165, 1.54) is 0 Å². The van der Waals surface area contributed by atoms with E-state index in [0.29, 0.717) is 21.4 Å². The molecule has 8 heteroatoms. The highest BCUT2D eigenvalue weighted by atomic mass is 35.5. The van der Waals surface area contributed by atoms with Crippen LogP contribution in [-0.4, -0.2) is 35.9 Å². The topological polar surface area (TPSA) is 70.4 Å². The zero-order valence-corrected chi connectivity index (χ0v) is 18.6. The molecule has 1 aliphatic rings. The van der Waals surface area contributed by atoms with Crippen molar-refractivity contribution >= 4 is 41.2 Å². The molecule has 2 amide bonds. The number of methoxy groups -OCH3 is 1. The van der Waals surface area contributed by atoms with Gasteiger partial charge in [0, 0.05) is 16.1 Å². The van der Waals surface area contributed by atoms with E-state index in [1.54, 1.807) is 60.5 Å². The van der Waals surface area contributed by atoms with Crippen molar-refractivity contribution in [3.63, 3.8) is 0 Å². The minimum absolute atomic E-state index is 0.338. The molecule has 0 bridgehead atoms. The molecule has 2 atom stereocenters. The van der Waals surface area contributed by atoms with Crippen LogP contribution in [0.4, 0.5) is 0 Å². The Morgan fingerprint density at radius 2 is 1.72 bits per heavy atom. The third-order valence-electron chi connectivity index (χ3n) is 5.17. The summed E-state index contributed by atoms with van der Waals surface area (Å²) in [6.07, 6.45) is 1.75. The van der Waals surface area contributed by atoms with E-state index in [4.69, 9.17) is 27.9 Å². The molecule has 0 unspecified atom stereocenters. The summed E-state index contributed by atoms with van der Waals surface area (Å²) in [6, 6.07) is 19.8. The number of nitrogens with one attached hydrogen (secondary N) is 2. The molecule has 3 aromatic rings. The molecule has 1 aliphatic heterocycles. The molecule has 32 heavy (non-hydrogen) atoms. The zero-order chi connectivity index (χ0) is 22.7. The fourth-order valence-electron chi connectivity index (χ4n) is 3.54. The Hall–Kier alpha value is -3.35. The Kier molecular flexibility index (Phi) is 6.44. The van der Waals surface area contributed by atoms with E-state index in [1.807, 2.05) is 30.3 Å². The van der Waals surface area contributed by atoms with Crippen molar-refractivity contribution in [3.05, 3.63) is 99.5 Å². The minimum atomic E-state index is -0.843. The Morgan fingerprint density at radius 3 is 2.38 bits per heavy atom. The summed E-state index contributed by atoms with van der Waals surface area (Å²) in [6.45, 7) is 0. The van der Waals surface area contributed by atoms with Crippen LogP contribution in [0.1, 0.15) is 27.5 Å². The normalized spacial score (nSPS) is 19.0. The first-order valence-electron chi connectivity index (χ1n) is 9.85. The van der Waals surface area contributed by atoms with Gasteiger partial charge in [-0.3, -0.25) is 9.59 Å². The van der Waals surface area contributed by atoms with Crippen molar-refractivity contribution < 1.29 is 19.0 Å². The lowest BCUT2D eigenvalue weighted by Crippen LogP contribution is -2.42. The molecule has 6 nitrogen and oxygen atoms in total. The van der Waals surface area contributed by atoms with E-state index in [9.17, 15) is 9.59 Å². The van der Waals surface area contributed by atoms with Crippen molar-refractivity contribution in [2.45, 2.75) is 12.1 Å². The van der Waals surface area contributed by atoms with Crippen molar-refractivity contribution in [2.24, 2.45) is 0 Å². The molecule has 4 rings (SSSR count). The summed E-state index contributed by atoms with van der Waals surface area (Å²) in [5.74, 6) is -0.0683. The van der Waals surface area contributed by atoms with Gasteiger partial charge in [0.2, 0.25) is 12.3 Å². The smallest absolute Gasteiger partial charge is 0.304 e. The maximum absolute atomic E-state index is 12.9. The predicted octanol–water partition coefficient (Wildman–Crippen LogP) is 4.02. The third-order valence-corrected chi connectivity index (χ3v) is 5.77. The molecule has 1 heterocycles. The van der Waals surface area contributed by atoms with Gasteiger partial charge >= 0.3 is 5.91 Å². The summed E-state index contributed by atoms with van der Waals surface area (Å²) in [4.78, 5) is 25.8. The van der Waals surface area contributed by atoms with Gasteiger partial charge in [0.15, 0.2) is 6.04 Å². The van der Waals surface area contributed by atoms with Gasteiger partial charge in [-0.05, 0) is 48.5 Å². The Balaban J connectivity index is 1.69. The second-order valence-corrected chi connectivity index (χ2v) is 8.05. The van der Waals surface area contributed by atoms with Crippen molar-refractivity contribution in [3.8, 4) is 5.75 Å². The molecule has 0 saturated carbocycles. The number of ether oxygens (including phenoxy) is 1. The first kappa shape index (κ1) is 21.9. The monoisotopic (exact) mass is 468 g/mol. The number of rotatable bonds is 5. The Morgan fingerprint density at radius 1 is 1.03 bits per heavy atom. The molecule has 0 aromatic heterocycles. The lowest BCUT2D eigenvalue weighted by Gasteiger charge is -2.15. The van der Waals surface area contributed by atoms with Gasteiger partial charge in [0.25, 0.3) is 5.91 Å². The number of hydrazone groups is 1. The lowest BCUT2D eigenvalue weighted by atomic mass is 9.99. The number of benzene rings is 3. The average Bonchev–Trinajstić information content (AvgIpc) is 3.10. The summed E-state index contributed by atoms with van der Waals surface area (Å²) in [7, 11) is 1.55. The van der Waals surface area contributed by atoms with Gasteiger partial charge in [0.05, 0.1) is 17.7 Å². The molecular weight excluding hydrogens is 449 g/mol. The van der Waals surface area contributed by atoms with Crippen molar-refractivity contribution in [1.29, 1.82) is 0 Å². The quantitative estimate of drug-likeness (QED) is 0.555. The zero-order valence-electron chi connectivity index (χ0n) is 17.1. The summed E-state index contributed by atoms with van der Waals surface area (Å²) in [5, 5.41) is 3.98. The SMILES string of the molecule is COc1ccc(C(=O)N[C@H]2C(=O)N/[N+](=C\c3ccccc3Cl)[C@H]2c2ccc(Cl)cc2)cc1. The second-order valence-electron chi connectivity index (χ2n) is 7.21. The fourth-order valence-corrected chi connectivity index (χ4v) is 3.85. The molecule has 0 radical (unpaired) electrons. The van der Waals surface area contributed by atoms with Gasteiger partial charge in [-0.15, -0.1) is 10.1 Å². The number of amides is 2. The van der Waals surface area contributed by atoms with Crippen LogP contribution in [0.15, 0.2) is 72.8 Å². The van der Waals surface area contributed by atoms with Crippen LogP contribution in [0.3, 0.4) is 0 Å². The molecule has 0 aliphatic carbocycles. The number of nitrogens with zero attached hydrogens (tertiary/aromatic N) is 1. The Bertz CT molecular complexity index is 1180. The van der Waals surface area contributed by atoms with E-state index in [-0.39, 0.29) is 11.8 Å². The van der Waals surface area contributed by atoms with Gasteiger partial charge < -0.3 is 10.1 Å². The standard InChI is InChI=1S/C24H19Cl2N3O3/c1-32-19-12-8-16(9-13-19)23(30)27-21-22(15-6-10-18(25)11-7-15)29(28-24(21)31)14-17-4-2-3-5-20(17)26/h2-14,21-22H,1H3,(H-,27,28,30,31)/p+1/b29-14-/t21-,22+/m1/s1. The van der Waals surface area contributed by atoms with Crippen LogP contribution in [0.25, 0.3) is 0 Å². The van der Waals surface area contributed by atoms with Gasteiger partial charge in [-0.25, -0.2) is 0 Å². The minimum Gasteiger partial charge on any atom is -0.497 e. The maximum Gasteiger partial charge on any atom is 0.304 e. The summed E-state index contributed by atoms with van der Waals surface area (Å²) in [5.41, 5.74) is 4.78. The van der Waals surface area contributed by atoms with Crippen LogP contribution < -0.4 is 15.5 Å². The molecule has 2 N–H and O–H groups in total. The van der Waals surface area contributed by atoms with Gasteiger partial charge in [-0.1, -0.05) is 47.5 Å². The van der Waals surface area contributed by atoms with E-state index < -0.39 is 12.1 Å². The highest BCUT2D eigenvalue weighted by molar-refractivity contribution is 6.33. The van der Waals surface area contributed by atoms with Crippen LogP contribution in [0.2, 0.25) is 10.0 Å². The number of hydrazine groups is 1. The fraction of sp³-hybridized carbons (Fsp3) is 0.125. The van der Waals surface area contributed by atoms with Gasteiger partial charge in [0.1, 0.15) is 5.75 Å². The van der Waals surface area contributed by atoms with Crippen LogP contribution in [0.5, 0.6) is 5.75 Å². The predicted molar refractivity (Wildman–Crippen MR) is 123 cm³/mol. The number of carbonyl (C=O) groups excluding carboxylic acids is 2. The molecular formula is C24H20Cl2N3O3+. The molecule has 1 fully saturated rings. The summed E-state index contributed by atoms with van der Waals surface area (Å²) >= 11 is 12.4. The maximum atomic E-state index is 12.9. The Labute approximate surface area is 195 Å². The van der Waals surface area contributed by atoms with E-state index in [0.717, 1.165) is 11.1 Å². The molecule has 162 valence electrons. The third kappa shape index (κ3) is 4.61. The lowest BCUT2D eigenvalue weighted by molar-refractivity contribution is -0.596. The van der Waals surface area contributed by atoms with Crippen LogP contribution in [0, 0.1) is 0 Å². The van der Waals surface area contributed by atoms with E-state index in [2.05, 4.69) is 10.7 Å². The summed E-state index contributed by atoms with van der Waals surface area (Å²) < 4.78 is 6.79. The number of carbonyl (C=O) groups is 2. The van der Waals surface area contributed by atoms with Crippen LogP contribution in [-0.2, 0) is 4.79 Å². The number of hydrogen-bond donors (Lipinski definition) is 2. The van der Waals surface area contributed by atoms with Crippen LogP contribution >= 0.6 is 23.2 Å². The number of hydrogen-bond acceptors (Lipinski definition) is 3. The highest BCUT2D eigenvalue weighted by Crippen LogP contribution is 2.27. The average molecular weight is 469 g/mol. The van der Waals surface area contributed by atoms with Gasteiger partial charge in [-0.2, -0.15) is 0 Å². The first-order valence-corrected chi connectivity index (χ1v) is 10.6. The molecule has 3 aromatic carbocycles. The van der Waals surface area contributed by atoms with Crippen molar-refractivity contribution in [2.75, 3.05) is 7.11 Å². The van der Waals surface area contributed by atoms with E-state index >= 15 is 0 Å².